The van der Waals surface area contributed by atoms with Crippen LogP contribution in [-0.2, 0) is 0 Å². The van der Waals surface area contributed by atoms with Crippen molar-refractivity contribution in [2.45, 2.75) is 13.8 Å². The lowest BCUT2D eigenvalue weighted by Crippen LogP contribution is -2.10. The number of hydrogen-bond acceptors (Lipinski definition) is 1. The molecule has 0 bridgehead atoms. The molecule has 7 aromatic rings. The number of aryl methyl sites for hydroxylation is 2. The van der Waals surface area contributed by atoms with Crippen molar-refractivity contribution in [3.63, 3.8) is 0 Å². The fourth-order valence-corrected chi connectivity index (χ4v) is 6.25. The third kappa shape index (κ3) is 2.92. The molecule has 1 heteroatoms. The van der Waals surface area contributed by atoms with E-state index in [9.17, 15) is 0 Å². The average Bonchev–Trinajstić information content (AvgIpc) is 3.25. The van der Waals surface area contributed by atoms with Crippen molar-refractivity contribution in [3.8, 4) is 22.3 Å². The standard InChI is InChI=1S/C36H25N/c1-22-6-13-27(14-7-22)37(28-15-8-23(2)9-16-28)29-17-19-30-31-18-12-25-11-10-24-4-3-5-26-20-33(32(30)21-29)36(31)35(25)34(24)26/h3-21H,1-2H3. The van der Waals surface area contributed by atoms with Crippen molar-refractivity contribution in [1.82, 2.24) is 0 Å². The van der Waals surface area contributed by atoms with Gasteiger partial charge in [-0.25, -0.2) is 0 Å². The quantitative estimate of drug-likeness (QED) is 0.232. The van der Waals surface area contributed by atoms with Gasteiger partial charge < -0.3 is 4.90 Å². The van der Waals surface area contributed by atoms with Crippen LogP contribution in [0.15, 0.2) is 115 Å². The van der Waals surface area contributed by atoms with Gasteiger partial charge in [0, 0.05) is 17.1 Å². The number of hydrogen-bond donors (Lipinski definition) is 0. The maximum Gasteiger partial charge on any atom is 0.0468 e. The van der Waals surface area contributed by atoms with E-state index in [2.05, 4.69) is 134 Å². The molecule has 1 aliphatic carbocycles. The number of benzene rings is 7. The highest BCUT2D eigenvalue weighted by Gasteiger charge is 2.26. The van der Waals surface area contributed by atoms with E-state index in [0.29, 0.717) is 0 Å². The van der Waals surface area contributed by atoms with Gasteiger partial charge in [0.2, 0.25) is 0 Å². The first-order chi connectivity index (χ1) is 18.2. The minimum absolute atomic E-state index is 1.17. The lowest BCUT2D eigenvalue weighted by Gasteiger charge is -2.26. The molecule has 1 aliphatic rings. The van der Waals surface area contributed by atoms with Crippen LogP contribution in [0, 0.1) is 13.8 Å². The average molecular weight is 472 g/mol. The molecule has 0 heterocycles. The van der Waals surface area contributed by atoms with Crippen LogP contribution in [0.5, 0.6) is 0 Å². The maximum absolute atomic E-state index is 2.41. The fraction of sp³-hybridized carbons (Fsp3) is 0.0556. The predicted octanol–water partition coefficient (Wildman–Crippen LogP) is 10.3. The summed E-state index contributed by atoms with van der Waals surface area (Å²) in [4.78, 5) is 2.37. The summed E-state index contributed by atoms with van der Waals surface area (Å²) in [6.45, 7) is 4.28. The van der Waals surface area contributed by atoms with Gasteiger partial charge in [0.15, 0.2) is 0 Å². The summed E-state index contributed by atoms with van der Waals surface area (Å²) in [5.74, 6) is 0. The Labute approximate surface area is 216 Å². The maximum atomic E-state index is 2.41. The largest absolute Gasteiger partial charge is 0.310 e. The van der Waals surface area contributed by atoms with E-state index in [0.717, 1.165) is 0 Å². The molecule has 0 unspecified atom stereocenters. The number of anilines is 3. The minimum Gasteiger partial charge on any atom is -0.310 e. The van der Waals surface area contributed by atoms with Gasteiger partial charge in [0.1, 0.15) is 0 Å². The molecule has 37 heavy (non-hydrogen) atoms. The lowest BCUT2D eigenvalue weighted by atomic mass is 9.91. The molecule has 1 nitrogen and oxygen atoms in total. The van der Waals surface area contributed by atoms with E-state index in [1.807, 2.05) is 0 Å². The second kappa shape index (κ2) is 7.44. The summed E-state index contributed by atoms with van der Waals surface area (Å²) in [6.07, 6.45) is 0. The van der Waals surface area contributed by atoms with E-state index in [-0.39, 0.29) is 0 Å². The zero-order valence-electron chi connectivity index (χ0n) is 20.9. The second-order valence-corrected chi connectivity index (χ2v) is 10.4. The van der Waals surface area contributed by atoms with Gasteiger partial charge >= 0.3 is 0 Å². The van der Waals surface area contributed by atoms with Gasteiger partial charge in [0.25, 0.3) is 0 Å². The second-order valence-electron chi connectivity index (χ2n) is 10.4. The Hall–Kier alpha value is -4.62. The van der Waals surface area contributed by atoms with Crippen molar-refractivity contribution < 1.29 is 0 Å². The first kappa shape index (κ1) is 20.6. The zero-order valence-corrected chi connectivity index (χ0v) is 20.9. The van der Waals surface area contributed by atoms with Gasteiger partial charge in [-0.15, -0.1) is 0 Å². The van der Waals surface area contributed by atoms with E-state index in [1.165, 1.54) is 82.8 Å². The molecule has 0 amide bonds. The predicted molar refractivity (Wildman–Crippen MR) is 159 cm³/mol. The van der Waals surface area contributed by atoms with E-state index in [4.69, 9.17) is 0 Å². The van der Waals surface area contributed by atoms with Crippen molar-refractivity contribution in [3.05, 3.63) is 126 Å². The SMILES string of the molecule is Cc1ccc(N(c2ccc(C)cc2)c2ccc3c(c2)-c2cc4cccc5ccc6ccc-3c2c6c54)cc1. The fourth-order valence-electron chi connectivity index (χ4n) is 6.25. The molecule has 0 saturated heterocycles. The topological polar surface area (TPSA) is 3.24 Å². The molecule has 8 rings (SSSR count). The van der Waals surface area contributed by atoms with Crippen LogP contribution in [-0.4, -0.2) is 0 Å². The minimum atomic E-state index is 1.17. The van der Waals surface area contributed by atoms with Crippen LogP contribution in [0.1, 0.15) is 11.1 Å². The zero-order chi connectivity index (χ0) is 24.7. The lowest BCUT2D eigenvalue weighted by molar-refractivity contribution is 1.27. The Bertz CT molecular complexity index is 1930. The Kier molecular flexibility index (Phi) is 4.14. The molecule has 0 saturated carbocycles. The van der Waals surface area contributed by atoms with Crippen LogP contribution in [0.3, 0.4) is 0 Å². The van der Waals surface area contributed by atoms with Gasteiger partial charge in [-0.05, 0) is 111 Å². The Morgan fingerprint density at radius 1 is 0.378 bits per heavy atom. The monoisotopic (exact) mass is 471 g/mol. The van der Waals surface area contributed by atoms with Gasteiger partial charge in [-0.1, -0.05) is 83.9 Å². The van der Waals surface area contributed by atoms with Gasteiger partial charge in [-0.2, -0.15) is 0 Å². The molecule has 0 atom stereocenters. The van der Waals surface area contributed by atoms with E-state index < -0.39 is 0 Å². The highest BCUT2D eigenvalue weighted by atomic mass is 15.1. The third-order valence-electron chi connectivity index (χ3n) is 8.05. The molecule has 7 aromatic carbocycles. The molecule has 174 valence electrons. The molecule has 0 aromatic heterocycles. The van der Waals surface area contributed by atoms with Crippen molar-refractivity contribution in [2.24, 2.45) is 0 Å². The Morgan fingerprint density at radius 2 is 0.946 bits per heavy atom. The summed E-state index contributed by atoms with van der Waals surface area (Å²) >= 11 is 0. The Balaban J connectivity index is 1.40. The van der Waals surface area contributed by atoms with E-state index in [1.54, 1.807) is 0 Å². The van der Waals surface area contributed by atoms with Crippen molar-refractivity contribution in [2.75, 3.05) is 4.90 Å². The molecule has 0 fully saturated rings. The molecular formula is C36H25N. The van der Waals surface area contributed by atoms with Crippen LogP contribution in [0.2, 0.25) is 0 Å². The molecular weight excluding hydrogens is 446 g/mol. The molecule has 0 N–H and O–H groups in total. The van der Waals surface area contributed by atoms with Crippen molar-refractivity contribution in [1.29, 1.82) is 0 Å². The van der Waals surface area contributed by atoms with Crippen LogP contribution < -0.4 is 4.90 Å². The smallest absolute Gasteiger partial charge is 0.0468 e. The highest BCUT2D eigenvalue weighted by molar-refractivity contribution is 6.32. The van der Waals surface area contributed by atoms with Crippen molar-refractivity contribution >= 4 is 49.4 Å². The van der Waals surface area contributed by atoms with Crippen LogP contribution in [0.4, 0.5) is 17.1 Å². The van der Waals surface area contributed by atoms with Crippen LogP contribution >= 0.6 is 0 Å². The van der Waals surface area contributed by atoms with Crippen LogP contribution in [0.25, 0.3) is 54.6 Å². The highest BCUT2D eigenvalue weighted by Crippen LogP contribution is 2.53. The molecule has 0 aliphatic heterocycles. The first-order valence-electron chi connectivity index (χ1n) is 12.9. The first-order valence-corrected chi connectivity index (χ1v) is 12.9. The number of rotatable bonds is 3. The van der Waals surface area contributed by atoms with E-state index >= 15 is 0 Å². The summed E-state index contributed by atoms with van der Waals surface area (Å²) in [7, 11) is 0. The number of nitrogens with zero attached hydrogens (tertiary/aromatic N) is 1. The summed E-state index contributed by atoms with van der Waals surface area (Å²) < 4.78 is 0. The number of fused-ring (bicyclic) bond motifs is 3. The summed E-state index contributed by atoms with van der Waals surface area (Å²) in [5, 5.41) is 8.12. The molecule has 0 spiro atoms. The van der Waals surface area contributed by atoms with Gasteiger partial charge in [0.05, 0.1) is 0 Å². The Morgan fingerprint density at radius 3 is 1.65 bits per heavy atom. The van der Waals surface area contributed by atoms with Gasteiger partial charge in [-0.3, -0.25) is 0 Å². The normalized spacial score (nSPS) is 12.1. The third-order valence-corrected chi connectivity index (χ3v) is 8.05. The summed E-state index contributed by atoms with van der Waals surface area (Å²) in [6, 6.07) is 42.9. The molecule has 0 radical (unpaired) electrons. The summed E-state index contributed by atoms with van der Waals surface area (Å²) in [5.41, 5.74) is 11.4.